The van der Waals surface area contributed by atoms with E-state index >= 15 is 0 Å². The second-order valence-corrected chi connectivity index (χ2v) is 6.69. The average Bonchev–Trinajstić information content (AvgIpc) is 2.72. The highest BCUT2D eigenvalue weighted by atomic mass is 19.1. The van der Waals surface area contributed by atoms with Gasteiger partial charge in [-0.3, -0.25) is 0 Å². The molecule has 0 radical (unpaired) electrons. The normalized spacial score (nSPS) is 16.4. The molecule has 2 aromatic rings. The highest BCUT2D eigenvalue weighted by molar-refractivity contribution is 5.89. The molecular formula is C20H22FN3O5. The zero-order chi connectivity index (χ0) is 21.0. The smallest absolute Gasteiger partial charge is 0.407 e. The second-order valence-electron chi connectivity index (χ2n) is 6.69. The minimum Gasteiger partial charge on any atom is -0.473 e. The third-order valence-corrected chi connectivity index (χ3v) is 4.76. The summed E-state index contributed by atoms with van der Waals surface area (Å²) < 4.78 is 24.4. The van der Waals surface area contributed by atoms with E-state index < -0.39 is 17.9 Å². The van der Waals surface area contributed by atoms with Gasteiger partial charge in [-0.2, -0.15) is 4.98 Å². The van der Waals surface area contributed by atoms with Crippen molar-refractivity contribution in [2.45, 2.75) is 19.6 Å². The maximum Gasteiger partial charge on any atom is 0.407 e. The van der Waals surface area contributed by atoms with Crippen LogP contribution < -0.4 is 9.64 Å². The van der Waals surface area contributed by atoms with E-state index in [4.69, 9.17) is 4.74 Å². The number of ether oxygens (including phenoxy) is 2. The van der Waals surface area contributed by atoms with Crippen LogP contribution in [-0.2, 0) is 11.3 Å². The molecule has 0 saturated carbocycles. The lowest BCUT2D eigenvalue weighted by molar-refractivity contribution is 0.0600. The molecule has 1 aliphatic rings. The zero-order valence-corrected chi connectivity index (χ0v) is 16.2. The molecule has 1 unspecified atom stereocenters. The van der Waals surface area contributed by atoms with Gasteiger partial charge in [-0.25, -0.2) is 14.0 Å². The maximum atomic E-state index is 14.2. The number of halogens is 1. The lowest BCUT2D eigenvalue weighted by Crippen LogP contribution is -2.53. The maximum absolute atomic E-state index is 14.2. The molecule has 1 saturated heterocycles. The molecule has 154 valence electrons. The molecule has 8 nitrogen and oxygen atoms in total. The summed E-state index contributed by atoms with van der Waals surface area (Å²) in [5.74, 6) is -0.182. The van der Waals surface area contributed by atoms with Crippen LogP contribution in [0.1, 0.15) is 22.8 Å². The number of pyridine rings is 1. The number of benzene rings is 1. The number of hydrogen-bond donors (Lipinski definition) is 1. The summed E-state index contributed by atoms with van der Waals surface area (Å²) in [6, 6.07) is 9.16. The van der Waals surface area contributed by atoms with Gasteiger partial charge in [0.25, 0.3) is 0 Å². The van der Waals surface area contributed by atoms with Crippen molar-refractivity contribution in [2.75, 3.05) is 31.6 Å². The van der Waals surface area contributed by atoms with Gasteiger partial charge in [0.2, 0.25) is 5.88 Å². The number of amides is 1. The lowest BCUT2D eigenvalue weighted by atomic mass is 10.1. The first kappa shape index (κ1) is 20.4. The Bertz CT molecular complexity index is 907. The molecule has 0 aliphatic carbocycles. The van der Waals surface area contributed by atoms with Crippen molar-refractivity contribution in [1.82, 2.24) is 9.88 Å². The van der Waals surface area contributed by atoms with E-state index in [1.807, 2.05) is 17.9 Å². The van der Waals surface area contributed by atoms with Crippen LogP contribution in [0.5, 0.6) is 5.88 Å². The SMILES string of the molecule is COC(=O)c1ccc(COc2cccc(N3CCN(C(=O)O)C(C)C3)n2)c(F)c1. The average molecular weight is 403 g/mol. The minimum absolute atomic E-state index is 0.0487. The fourth-order valence-corrected chi connectivity index (χ4v) is 3.17. The zero-order valence-electron chi connectivity index (χ0n) is 16.2. The van der Waals surface area contributed by atoms with Crippen LogP contribution in [0.3, 0.4) is 0 Å². The number of aromatic nitrogens is 1. The number of carboxylic acid groups (broad SMARTS) is 1. The standard InChI is InChI=1S/C20H22FN3O5/c1-13-11-23(8-9-24(13)20(26)27)17-4-3-5-18(22-17)29-12-15-7-6-14(10-16(15)21)19(25)28-2/h3-7,10,13H,8-9,11-12H2,1-2H3,(H,26,27). The van der Waals surface area contributed by atoms with E-state index in [1.54, 1.807) is 12.1 Å². The van der Waals surface area contributed by atoms with Crippen LogP contribution in [-0.4, -0.2) is 59.8 Å². The number of methoxy groups -OCH3 is 1. The van der Waals surface area contributed by atoms with E-state index in [1.165, 1.54) is 24.1 Å². The molecule has 1 N–H and O–H groups in total. The van der Waals surface area contributed by atoms with Gasteiger partial charge in [-0.15, -0.1) is 0 Å². The Morgan fingerprint density at radius 1 is 1.28 bits per heavy atom. The predicted molar refractivity (Wildman–Crippen MR) is 103 cm³/mol. The van der Waals surface area contributed by atoms with Gasteiger partial charge in [0.1, 0.15) is 18.2 Å². The van der Waals surface area contributed by atoms with Crippen LogP contribution in [0.15, 0.2) is 36.4 Å². The number of piperazine rings is 1. The second kappa shape index (κ2) is 8.76. The van der Waals surface area contributed by atoms with Gasteiger partial charge >= 0.3 is 12.1 Å². The summed E-state index contributed by atoms with van der Waals surface area (Å²) in [7, 11) is 1.23. The Hall–Kier alpha value is -3.36. The molecule has 1 fully saturated rings. The Labute approximate surface area is 167 Å². The van der Waals surface area contributed by atoms with Crippen LogP contribution in [0.4, 0.5) is 15.0 Å². The first-order valence-electron chi connectivity index (χ1n) is 9.10. The molecule has 1 aromatic heterocycles. The Morgan fingerprint density at radius 2 is 2.07 bits per heavy atom. The number of carbonyl (C=O) groups is 2. The van der Waals surface area contributed by atoms with Crippen LogP contribution in [0.25, 0.3) is 0 Å². The van der Waals surface area contributed by atoms with Gasteiger partial charge in [-0.1, -0.05) is 12.1 Å². The summed E-state index contributed by atoms with van der Waals surface area (Å²) in [6.45, 7) is 3.23. The molecular weight excluding hydrogens is 381 g/mol. The van der Waals surface area contributed by atoms with Crippen molar-refractivity contribution >= 4 is 17.9 Å². The topological polar surface area (TPSA) is 92.2 Å². The molecule has 0 bridgehead atoms. The molecule has 1 aromatic carbocycles. The third kappa shape index (κ3) is 4.74. The molecule has 1 aliphatic heterocycles. The quantitative estimate of drug-likeness (QED) is 0.768. The van der Waals surface area contributed by atoms with Crippen molar-refractivity contribution in [1.29, 1.82) is 0 Å². The monoisotopic (exact) mass is 403 g/mol. The first-order valence-corrected chi connectivity index (χ1v) is 9.10. The Balaban J connectivity index is 1.65. The Morgan fingerprint density at radius 3 is 2.72 bits per heavy atom. The van der Waals surface area contributed by atoms with E-state index in [2.05, 4.69) is 9.72 Å². The fraction of sp³-hybridized carbons (Fsp3) is 0.350. The molecule has 9 heteroatoms. The lowest BCUT2D eigenvalue weighted by Gasteiger charge is -2.38. The van der Waals surface area contributed by atoms with E-state index in [0.29, 0.717) is 31.3 Å². The Kier molecular flexibility index (Phi) is 6.16. The van der Waals surface area contributed by atoms with Gasteiger partial charge in [0, 0.05) is 37.3 Å². The van der Waals surface area contributed by atoms with E-state index in [-0.39, 0.29) is 23.8 Å². The summed E-state index contributed by atoms with van der Waals surface area (Å²) in [5, 5.41) is 9.19. The summed E-state index contributed by atoms with van der Waals surface area (Å²) in [6.07, 6.45) is -0.928. The largest absolute Gasteiger partial charge is 0.473 e. The van der Waals surface area contributed by atoms with Gasteiger partial charge in [0.05, 0.1) is 12.7 Å². The van der Waals surface area contributed by atoms with Crippen molar-refractivity contribution in [3.05, 3.63) is 53.3 Å². The van der Waals surface area contributed by atoms with Crippen molar-refractivity contribution in [3.8, 4) is 5.88 Å². The molecule has 0 spiro atoms. The predicted octanol–water partition coefficient (Wildman–Crippen LogP) is 2.77. The van der Waals surface area contributed by atoms with Gasteiger partial charge < -0.3 is 24.4 Å². The number of hydrogen-bond acceptors (Lipinski definition) is 6. The van der Waals surface area contributed by atoms with E-state index in [9.17, 15) is 19.1 Å². The fourth-order valence-electron chi connectivity index (χ4n) is 3.17. The van der Waals surface area contributed by atoms with Gasteiger partial charge in [0.15, 0.2) is 0 Å². The summed E-state index contributed by atoms with van der Waals surface area (Å²) in [5.41, 5.74) is 0.414. The summed E-state index contributed by atoms with van der Waals surface area (Å²) in [4.78, 5) is 30.5. The first-order chi connectivity index (χ1) is 13.9. The molecule has 29 heavy (non-hydrogen) atoms. The number of carbonyl (C=O) groups excluding carboxylic acids is 1. The summed E-state index contributed by atoms with van der Waals surface area (Å²) >= 11 is 0. The molecule has 3 rings (SSSR count). The van der Waals surface area contributed by atoms with Crippen molar-refractivity contribution in [3.63, 3.8) is 0 Å². The number of nitrogens with zero attached hydrogens (tertiary/aromatic N) is 3. The molecule has 1 amide bonds. The van der Waals surface area contributed by atoms with Crippen molar-refractivity contribution in [2.24, 2.45) is 0 Å². The third-order valence-electron chi connectivity index (χ3n) is 4.76. The highest BCUT2D eigenvalue weighted by Gasteiger charge is 2.27. The number of rotatable bonds is 5. The van der Waals surface area contributed by atoms with Crippen LogP contribution in [0, 0.1) is 5.82 Å². The van der Waals surface area contributed by atoms with Gasteiger partial charge in [-0.05, 0) is 25.1 Å². The van der Waals surface area contributed by atoms with Crippen molar-refractivity contribution < 1.29 is 28.6 Å². The minimum atomic E-state index is -0.928. The highest BCUT2D eigenvalue weighted by Crippen LogP contribution is 2.21. The number of esters is 1. The van der Waals surface area contributed by atoms with Crippen LogP contribution in [0.2, 0.25) is 0 Å². The molecule has 2 heterocycles. The molecule has 1 atom stereocenters. The van der Waals surface area contributed by atoms with E-state index in [0.717, 1.165) is 6.07 Å². The number of anilines is 1. The van der Waals surface area contributed by atoms with Crippen LogP contribution >= 0.6 is 0 Å².